The molecule has 4 nitrogen and oxygen atoms in total. The molecule has 14 heavy (non-hydrogen) atoms. The van der Waals surface area contributed by atoms with E-state index < -0.39 is 0 Å². The van der Waals surface area contributed by atoms with E-state index in [1.165, 1.54) is 0 Å². The molecule has 0 unspecified atom stereocenters. The van der Waals surface area contributed by atoms with Gasteiger partial charge in [-0.3, -0.25) is 14.8 Å². The number of hydrogen-bond acceptors (Lipinski definition) is 3. The highest BCUT2D eigenvalue weighted by Crippen LogP contribution is 2.02. The quantitative estimate of drug-likeness (QED) is 0.604. The zero-order valence-electron chi connectivity index (χ0n) is 7.32. The van der Waals surface area contributed by atoms with Gasteiger partial charge in [0, 0.05) is 5.39 Å². The summed E-state index contributed by atoms with van der Waals surface area (Å²) in [5.41, 5.74) is 0.664. The molecule has 4 heteroatoms. The van der Waals surface area contributed by atoms with Crippen molar-refractivity contribution in [1.29, 1.82) is 0 Å². The van der Waals surface area contributed by atoms with Crippen LogP contribution in [0.4, 0.5) is 0 Å². The van der Waals surface area contributed by atoms with Gasteiger partial charge in [0.25, 0.3) is 5.56 Å². The van der Waals surface area contributed by atoms with Crippen LogP contribution >= 0.6 is 0 Å². The monoisotopic (exact) mass is 185 g/mol. The second kappa shape index (κ2) is 2.51. The third-order valence-electron chi connectivity index (χ3n) is 2.33. The molecular weight excluding hydrogens is 178 g/mol. The number of aromatic nitrogens is 1. The van der Waals surface area contributed by atoms with Crippen molar-refractivity contribution >= 4 is 10.9 Å². The summed E-state index contributed by atoms with van der Waals surface area (Å²) >= 11 is 0. The Kier molecular flexibility index (Phi) is 1.33. The molecule has 0 atom stereocenters. The normalized spacial score (nSPS) is 13.4. The lowest BCUT2D eigenvalue weighted by Gasteiger charge is -1.94. The van der Waals surface area contributed by atoms with Gasteiger partial charge in [0.15, 0.2) is 5.36 Å². The first-order valence-electron chi connectivity index (χ1n) is 4.36. The number of para-hydroxylation sites is 1. The first kappa shape index (κ1) is 7.44. The molecule has 2 heterocycles. The smallest absolute Gasteiger partial charge is 0.276 e. The van der Waals surface area contributed by atoms with E-state index in [2.05, 4.69) is 15.0 Å². The van der Waals surface area contributed by atoms with Gasteiger partial charge in [-0.05, 0) is 6.07 Å². The Morgan fingerprint density at radius 1 is 1.14 bits per heavy atom. The average Bonchev–Trinajstić information content (AvgIpc) is 2.67. The van der Waals surface area contributed by atoms with Crippen LogP contribution in [0.25, 0.3) is 10.9 Å². The number of nitrogens with one attached hydrogen (secondary N) is 1. The lowest BCUT2D eigenvalue weighted by molar-refractivity contribution is 1.05. The number of fused-ring (bicyclic) bond motifs is 3. The van der Waals surface area contributed by atoms with Crippen molar-refractivity contribution in [1.82, 2.24) is 4.98 Å². The average molecular weight is 185 g/mol. The molecule has 2 aromatic rings. The van der Waals surface area contributed by atoms with Crippen LogP contribution in [0.15, 0.2) is 39.0 Å². The van der Waals surface area contributed by atoms with Crippen molar-refractivity contribution < 1.29 is 0 Å². The van der Waals surface area contributed by atoms with E-state index in [1.54, 1.807) is 0 Å². The van der Waals surface area contributed by atoms with Gasteiger partial charge in [0.1, 0.15) is 6.67 Å². The number of H-pyrrole nitrogens is 1. The van der Waals surface area contributed by atoms with Gasteiger partial charge in [0.2, 0.25) is 0 Å². The van der Waals surface area contributed by atoms with E-state index in [-0.39, 0.29) is 5.56 Å². The number of rotatable bonds is 0. The van der Waals surface area contributed by atoms with Crippen LogP contribution in [0.5, 0.6) is 0 Å². The SMILES string of the molecule is O=c1[nH]c2ccccc2c2c1=NCN=2. The molecule has 0 fully saturated rings. The predicted molar refractivity (Wildman–Crippen MR) is 51.7 cm³/mol. The van der Waals surface area contributed by atoms with E-state index in [0.717, 1.165) is 16.3 Å². The molecule has 0 radical (unpaired) electrons. The molecule has 0 amide bonds. The highest BCUT2D eigenvalue weighted by molar-refractivity contribution is 5.77. The third-order valence-corrected chi connectivity index (χ3v) is 2.33. The predicted octanol–water partition coefficient (Wildman–Crippen LogP) is -0.262. The van der Waals surface area contributed by atoms with Crippen molar-refractivity contribution in [2.75, 3.05) is 6.67 Å². The standard InChI is InChI=1S/C10H7N3O/c14-10-9-8(11-5-12-9)6-3-1-2-4-7(6)13-10/h1-4H,5H2,(H,13,14). The molecule has 1 aliphatic rings. The lowest BCUT2D eigenvalue weighted by Crippen LogP contribution is -2.39. The maximum absolute atomic E-state index is 11.5. The summed E-state index contributed by atoms with van der Waals surface area (Å²) in [6.45, 7) is 0.367. The van der Waals surface area contributed by atoms with Crippen LogP contribution in [-0.4, -0.2) is 11.7 Å². The molecule has 0 aliphatic carbocycles. The van der Waals surface area contributed by atoms with E-state index in [1.807, 2.05) is 24.3 Å². The van der Waals surface area contributed by atoms with Crippen LogP contribution in [0, 0.1) is 0 Å². The van der Waals surface area contributed by atoms with Crippen LogP contribution in [0.3, 0.4) is 0 Å². The van der Waals surface area contributed by atoms with Crippen LogP contribution < -0.4 is 16.3 Å². The molecule has 1 aromatic carbocycles. The van der Waals surface area contributed by atoms with E-state index in [9.17, 15) is 4.79 Å². The van der Waals surface area contributed by atoms with Crippen LogP contribution in [0.1, 0.15) is 0 Å². The molecule has 0 saturated heterocycles. The summed E-state index contributed by atoms with van der Waals surface area (Å²) in [5, 5.41) is 2.15. The van der Waals surface area contributed by atoms with Crippen LogP contribution in [-0.2, 0) is 0 Å². The van der Waals surface area contributed by atoms with Gasteiger partial charge in [-0.25, -0.2) is 0 Å². The summed E-state index contributed by atoms with van der Waals surface area (Å²) in [4.78, 5) is 22.5. The highest BCUT2D eigenvalue weighted by atomic mass is 16.1. The largest absolute Gasteiger partial charge is 0.320 e. The fourth-order valence-electron chi connectivity index (χ4n) is 1.70. The number of hydrogen-bond donors (Lipinski definition) is 1. The maximum atomic E-state index is 11.5. The number of nitrogens with zero attached hydrogens (tertiary/aromatic N) is 2. The molecule has 0 saturated carbocycles. The Morgan fingerprint density at radius 2 is 1.93 bits per heavy atom. The van der Waals surface area contributed by atoms with Crippen molar-refractivity contribution in [2.45, 2.75) is 0 Å². The molecular formula is C10H7N3O. The van der Waals surface area contributed by atoms with E-state index >= 15 is 0 Å². The van der Waals surface area contributed by atoms with E-state index in [4.69, 9.17) is 0 Å². The summed E-state index contributed by atoms with van der Waals surface area (Å²) < 4.78 is 0. The Morgan fingerprint density at radius 3 is 2.86 bits per heavy atom. The van der Waals surface area contributed by atoms with Crippen molar-refractivity contribution in [3.8, 4) is 0 Å². The first-order chi connectivity index (χ1) is 6.86. The van der Waals surface area contributed by atoms with Gasteiger partial charge in [-0.1, -0.05) is 18.2 Å². The third kappa shape index (κ3) is 0.849. The van der Waals surface area contributed by atoms with Gasteiger partial charge in [-0.15, -0.1) is 0 Å². The first-order valence-corrected chi connectivity index (χ1v) is 4.36. The second-order valence-electron chi connectivity index (χ2n) is 3.15. The van der Waals surface area contributed by atoms with Gasteiger partial charge in [0.05, 0.1) is 10.9 Å². The summed E-state index contributed by atoms with van der Waals surface area (Å²) in [7, 11) is 0. The zero-order valence-corrected chi connectivity index (χ0v) is 7.32. The van der Waals surface area contributed by atoms with Crippen LogP contribution in [0.2, 0.25) is 0 Å². The molecule has 3 rings (SSSR count). The Labute approximate surface area is 78.6 Å². The van der Waals surface area contributed by atoms with Crippen molar-refractivity contribution in [3.05, 3.63) is 45.3 Å². The minimum Gasteiger partial charge on any atom is -0.320 e. The highest BCUT2D eigenvalue weighted by Gasteiger charge is 2.05. The molecule has 1 aliphatic heterocycles. The zero-order chi connectivity index (χ0) is 9.54. The van der Waals surface area contributed by atoms with Gasteiger partial charge < -0.3 is 4.98 Å². The lowest BCUT2D eigenvalue weighted by atomic mass is 10.2. The Bertz CT molecular complexity index is 685. The Balaban J connectivity index is 2.75. The summed E-state index contributed by atoms with van der Waals surface area (Å²) in [6, 6.07) is 7.62. The fraction of sp³-hybridized carbons (Fsp3) is 0.100. The second-order valence-corrected chi connectivity index (χ2v) is 3.15. The minimum absolute atomic E-state index is 0.153. The van der Waals surface area contributed by atoms with Gasteiger partial charge in [-0.2, -0.15) is 0 Å². The van der Waals surface area contributed by atoms with Crippen molar-refractivity contribution in [3.63, 3.8) is 0 Å². The number of aromatic amines is 1. The molecule has 68 valence electrons. The maximum Gasteiger partial charge on any atom is 0.276 e. The summed E-state index contributed by atoms with van der Waals surface area (Å²) in [5.74, 6) is 0. The number of pyridine rings is 1. The number of benzene rings is 1. The molecule has 0 bridgehead atoms. The topological polar surface area (TPSA) is 57.6 Å². The Hall–Kier alpha value is -1.97. The van der Waals surface area contributed by atoms with Gasteiger partial charge >= 0.3 is 0 Å². The van der Waals surface area contributed by atoms with E-state index in [0.29, 0.717) is 12.0 Å². The fourth-order valence-corrected chi connectivity index (χ4v) is 1.70. The molecule has 1 N–H and O–H groups in total. The minimum atomic E-state index is -0.153. The molecule has 1 aromatic heterocycles. The molecule has 0 spiro atoms. The van der Waals surface area contributed by atoms with Crippen molar-refractivity contribution in [2.24, 2.45) is 9.98 Å². The summed E-state index contributed by atoms with van der Waals surface area (Å²) in [6.07, 6.45) is 0.